The van der Waals surface area contributed by atoms with Gasteiger partial charge in [-0.3, -0.25) is 28.2 Å². The lowest BCUT2D eigenvalue weighted by Gasteiger charge is -2.20. The van der Waals surface area contributed by atoms with Crippen LogP contribution in [0.1, 0.15) is 149 Å². The fourth-order valence-corrected chi connectivity index (χ4v) is 7.34. The van der Waals surface area contributed by atoms with Gasteiger partial charge in [0.2, 0.25) is 0 Å². The molecule has 0 bridgehead atoms. The highest BCUT2D eigenvalue weighted by atomic mass is 31.2. The highest BCUT2D eigenvalue weighted by molar-refractivity contribution is 7.47. The third-order valence-corrected chi connectivity index (χ3v) is 11.2. The molecule has 0 aromatic carbocycles. The second-order valence-electron chi connectivity index (χ2n) is 16.0. The van der Waals surface area contributed by atoms with Crippen molar-refractivity contribution < 1.29 is 62.5 Å². The van der Waals surface area contributed by atoms with Crippen LogP contribution < -0.4 is 5.73 Å². The van der Waals surface area contributed by atoms with Gasteiger partial charge >= 0.3 is 25.7 Å². The number of phosphoric ester groups is 1. The predicted molar refractivity (Wildman–Crippen MR) is 245 cm³/mol. The number of aliphatic hydroxyl groups is 2. The van der Waals surface area contributed by atoms with Gasteiger partial charge in [-0.15, -0.1) is 0 Å². The van der Waals surface area contributed by atoms with Gasteiger partial charge in [-0.05, 0) is 77.0 Å². The molecule has 0 aromatic heterocycles. The number of aliphatic hydroxyl groups excluding tert-OH is 2. The van der Waals surface area contributed by atoms with Crippen molar-refractivity contribution in [3.05, 3.63) is 72.9 Å². The Kier molecular flexibility index (Phi) is 33.6. The van der Waals surface area contributed by atoms with Gasteiger partial charge in [-0.2, -0.15) is 0 Å². The molecule has 0 aliphatic heterocycles. The molecular weight excluding hydrogens is 829 g/mol. The van der Waals surface area contributed by atoms with Crippen LogP contribution in [0.3, 0.4) is 0 Å². The topological polar surface area (TPSA) is 229 Å². The fraction of sp³-hybridized carbons (Fsp3) is 0.667. The smallest absolute Gasteiger partial charge is 0.472 e. The second kappa shape index (κ2) is 36.8. The van der Waals surface area contributed by atoms with E-state index in [0.29, 0.717) is 32.1 Å². The molecule has 358 valence electrons. The summed E-state index contributed by atoms with van der Waals surface area (Å²) in [5.41, 5.74) is 5.33. The van der Waals surface area contributed by atoms with Gasteiger partial charge in [-0.25, -0.2) is 4.57 Å². The molecule has 7 atom stereocenters. The Morgan fingerprint density at radius 2 is 1.30 bits per heavy atom. The number of carboxylic acids is 1. The summed E-state index contributed by atoms with van der Waals surface area (Å²) in [5.74, 6) is -3.50. The van der Waals surface area contributed by atoms with Crippen molar-refractivity contribution in [3.63, 3.8) is 0 Å². The van der Waals surface area contributed by atoms with Crippen LogP contribution in [-0.2, 0) is 42.3 Å². The van der Waals surface area contributed by atoms with Crippen LogP contribution in [0.4, 0.5) is 0 Å². The van der Waals surface area contributed by atoms with E-state index in [4.69, 9.17) is 24.8 Å². The number of unbranched alkanes of at least 4 members (excludes halogenated alkanes) is 9. The van der Waals surface area contributed by atoms with Crippen molar-refractivity contribution in [1.82, 2.24) is 0 Å². The Balaban J connectivity index is 2.51. The molecule has 0 amide bonds. The first-order valence-corrected chi connectivity index (χ1v) is 24.6. The molecule has 1 aliphatic carbocycles. The second-order valence-corrected chi connectivity index (χ2v) is 17.4. The zero-order valence-corrected chi connectivity index (χ0v) is 38.7. The lowest BCUT2D eigenvalue weighted by atomic mass is 9.90. The molecule has 0 spiro atoms. The zero-order chi connectivity index (χ0) is 46.6. The first kappa shape index (κ1) is 57.5. The zero-order valence-electron chi connectivity index (χ0n) is 37.9. The van der Waals surface area contributed by atoms with E-state index in [9.17, 15) is 38.8 Å². The number of carbonyl (C=O) groups excluding carboxylic acids is 3. The van der Waals surface area contributed by atoms with Gasteiger partial charge in [0.1, 0.15) is 18.4 Å². The van der Waals surface area contributed by atoms with Gasteiger partial charge in [-0.1, -0.05) is 125 Å². The molecule has 0 aromatic rings. The third-order valence-electron chi connectivity index (χ3n) is 10.3. The standard InChI is InChI=1S/C48H78NO13P/c1-3-5-7-8-9-10-11-12-13-14-15-16-17-18-19-20-21-22-27-31-46(53)59-36-40(37-60-63(57,58)61-38-43(49)48(55)56)62-47(54)32-28-24-23-26-30-41-42(45(52)35-44(41)51)34-33-39(50)29-25-6-4-2/h9-10,12-13,15-16,18-19,23,26,33-34,39-43,45,50,52H,3-8,11,14,17,20-22,24-25,27-32,35-38,49H2,1-2H3,(H,55,56)(H,57,58)/b10-9-,13-12-,16-15-,19-18-,26-23-,34-33+/t39-,40+,41+,42+,43-,45+/m0/s1. The molecule has 63 heavy (non-hydrogen) atoms. The SMILES string of the molecule is CCCCC/C=C\C/C=C\C/C=C\C/C=C\CCCCCC(=O)OC[C@H](COP(=O)(O)OC[C@H](N)C(=O)O)OC(=O)CCC/C=C\C[C@H]1C(=O)C[C@@H](O)[C@@H]1/C=C/[C@@H](O)CCCCC. The summed E-state index contributed by atoms with van der Waals surface area (Å²) in [6.07, 6.45) is 37.6. The minimum Gasteiger partial charge on any atom is -0.480 e. The first-order chi connectivity index (χ1) is 30.3. The molecule has 14 nitrogen and oxygen atoms in total. The average Bonchev–Trinajstić information content (AvgIpc) is 3.52. The maximum absolute atomic E-state index is 12.7. The molecular formula is C48H78NO13P. The van der Waals surface area contributed by atoms with Crippen molar-refractivity contribution in [2.45, 2.75) is 173 Å². The number of aliphatic carboxylic acids is 1. The van der Waals surface area contributed by atoms with E-state index >= 15 is 0 Å². The number of hydrogen-bond donors (Lipinski definition) is 5. The van der Waals surface area contributed by atoms with Crippen molar-refractivity contribution in [2.24, 2.45) is 17.6 Å². The predicted octanol–water partition coefficient (Wildman–Crippen LogP) is 9.09. The number of ketones is 1. The van der Waals surface area contributed by atoms with Crippen LogP contribution in [0.5, 0.6) is 0 Å². The van der Waals surface area contributed by atoms with E-state index in [1.54, 1.807) is 12.2 Å². The summed E-state index contributed by atoms with van der Waals surface area (Å²) in [6, 6.07) is -1.58. The van der Waals surface area contributed by atoms with Crippen LogP contribution in [-0.4, -0.2) is 88.1 Å². The van der Waals surface area contributed by atoms with Crippen LogP contribution in [0, 0.1) is 11.8 Å². The number of carboxylic acid groups (broad SMARTS) is 1. The van der Waals surface area contributed by atoms with Crippen molar-refractivity contribution >= 4 is 31.5 Å². The molecule has 0 saturated heterocycles. The van der Waals surface area contributed by atoms with E-state index < -0.39 is 75.8 Å². The normalized spacial score (nSPS) is 19.6. The van der Waals surface area contributed by atoms with E-state index in [1.165, 1.54) is 19.3 Å². The number of carbonyl (C=O) groups is 4. The van der Waals surface area contributed by atoms with Gasteiger partial charge in [0.15, 0.2) is 6.10 Å². The number of esters is 2. The molecule has 1 unspecified atom stereocenters. The number of phosphoric acid groups is 1. The Morgan fingerprint density at radius 3 is 1.94 bits per heavy atom. The first-order valence-electron chi connectivity index (χ1n) is 23.1. The largest absolute Gasteiger partial charge is 0.480 e. The lowest BCUT2D eigenvalue weighted by molar-refractivity contribution is -0.161. The molecule has 1 saturated carbocycles. The average molecular weight is 908 g/mol. The summed E-state index contributed by atoms with van der Waals surface area (Å²) in [7, 11) is -4.81. The van der Waals surface area contributed by atoms with E-state index in [1.807, 2.05) is 12.2 Å². The number of ether oxygens (including phenoxy) is 2. The highest BCUT2D eigenvalue weighted by Gasteiger charge is 2.39. The van der Waals surface area contributed by atoms with Crippen molar-refractivity contribution in [1.29, 1.82) is 0 Å². The molecule has 1 fully saturated rings. The summed E-state index contributed by atoms with van der Waals surface area (Å²) in [6.45, 7) is 2.35. The Hall–Kier alpha value is -3.49. The van der Waals surface area contributed by atoms with E-state index in [2.05, 4.69) is 67.0 Å². The number of nitrogens with two attached hydrogens (primary N) is 1. The summed E-state index contributed by atoms with van der Waals surface area (Å²) < 4.78 is 32.7. The van der Waals surface area contributed by atoms with E-state index in [-0.39, 0.29) is 31.0 Å². The monoisotopic (exact) mass is 908 g/mol. The minimum absolute atomic E-state index is 0.0411. The Labute approximate surface area is 376 Å². The van der Waals surface area contributed by atoms with Crippen molar-refractivity contribution in [2.75, 3.05) is 19.8 Å². The quantitative estimate of drug-likeness (QED) is 0.0168. The Morgan fingerprint density at radius 1 is 0.746 bits per heavy atom. The summed E-state index contributed by atoms with van der Waals surface area (Å²) >= 11 is 0. The highest BCUT2D eigenvalue weighted by Crippen LogP contribution is 2.43. The molecule has 6 N–H and O–H groups in total. The van der Waals surface area contributed by atoms with Gasteiger partial charge in [0.25, 0.3) is 0 Å². The summed E-state index contributed by atoms with van der Waals surface area (Å²) in [5, 5.41) is 29.6. The fourth-order valence-electron chi connectivity index (χ4n) is 6.56. The maximum atomic E-state index is 12.7. The number of hydrogen-bond acceptors (Lipinski definition) is 12. The number of Topliss-reactive ketones (excluding diaryl/α,β-unsaturated/α-hetero) is 1. The summed E-state index contributed by atoms with van der Waals surface area (Å²) in [4.78, 5) is 58.8. The van der Waals surface area contributed by atoms with Crippen LogP contribution in [0.15, 0.2) is 72.9 Å². The van der Waals surface area contributed by atoms with Crippen LogP contribution in [0.25, 0.3) is 0 Å². The van der Waals surface area contributed by atoms with Crippen LogP contribution >= 0.6 is 7.82 Å². The Bertz CT molecular complexity index is 1510. The van der Waals surface area contributed by atoms with Gasteiger partial charge in [0, 0.05) is 31.1 Å². The van der Waals surface area contributed by atoms with Crippen molar-refractivity contribution in [3.8, 4) is 0 Å². The number of rotatable bonds is 38. The third kappa shape index (κ3) is 31.1. The van der Waals surface area contributed by atoms with Gasteiger partial charge in [0.05, 0.1) is 25.4 Å². The molecule has 0 heterocycles. The van der Waals surface area contributed by atoms with Gasteiger partial charge < -0.3 is 35.4 Å². The lowest BCUT2D eigenvalue weighted by Crippen LogP contribution is -2.34. The molecule has 1 rings (SSSR count). The van der Waals surface area contributed by atoms with Crippen LogP contribution in [0.2, 0.25) is 0 Å². The maximum Gasteiger partial charge on any atom is 0.472 e. The number of allylic oxidation sites excluding steroid dienone is 10. The molecule has 15 heteroatoms. The molecule has 1 aliphatic rings. The minimum atomic E-state index is -4.81. The molecule has 0 radical (unpaired) electrons. The van der Waals surface area contributed by atoms with E-state index in [0.717, 1.165) is 64.2 Å².